The van der Waals surface area contributed by atoms with Gasteiger partial charge in [-0.05, 0) is 68.4 Å². The minimum atomic E-state index is -2.88. The van der Waals surface area contributed by atoms with Crippen LogP contribution in [0.4, 0.5) is 14.6 Å². The van der Waals surface area contributed by atoms with Crippen molar-refractivity contribution in [1.29, 1.82) is 0 Å². The summed E-state index contributed by atoms with van der Waals surface area (Å²) in [6.45, 7) is 1.93. The van der Waals surface area contributed by atoms with E-state index in [1.165, 1.54) is 6.07 Å². The van der Waals surface area contributed by atoms with E-state index in [0.29, 0.717) is 31.7 Å². The number of hydrogen-bond donors (Lipinski definition) is 2. The molecular weight excluding hydrogens is 566 g/mol. The van der Waals surface area contributed by atoms with Crippen LogP contribution in [0.25, 0.3) is 16.7 Å². The number of imidazole rings is 1. The molecule has 1 saturated heterocycles. The fraction of sp³-hybridized carbons (Fsp3) is 0.400. The molecule has 1 aromatic carbocycles. The van der Waals surface area contributed by atoms with Crippen molar-refractivity contribution in [2.45, 2.75) is 57.2 Å². The summed E-state index contributed by atoms with van der Waals surface area (Å²) in [5, 5.41) is 6.37. The molecule has 2 fully saturated rings. The molecular formula is C30H31ClF2N6O3. The highest BCUT2D eigenvalue weighted by atomic mass is 35.5. The van der Waals surface area contributed by atoms with Crippen LogP contribution < -0.4 is 16.3 Å². The van der Waals surface area contributed by atoms with E-state index < -0.39 is 18.0 Å². The number of carbonyl (C=O) groups is 1. The minimum Gasteiger partial charge on any atom is -0.379 e. The van der Waals surface area contributed by atoms with E-state index >= 15 is 0 Å². The van der Waals surface area contributed by atoms with E-state index in [1.807, 2.05) is 41.0 Å². The third-order valence-electron chi connectivity index (χ3n) is 8.08. The molecule has 1 aliphatic carbocycles. The zero-order valence-electron chi connectivity index (χ0n) is 22.8. The molecule has 1 atom stereocenters. The van der Waals surface area contributed by atoms with Gasteiger partial charge in [-0.1, -0.05) is 23.7 Å². The van der Waals surface area contributed by atoms with Gasteiger partial charge in [0.25, 0.3) is 12.3 Å². The molecule has 1 amide bonds. The number of alkyl halides is 2. The molecule has 220 valence electrons. The monoisotopic (exact) mass is 596 g/mol. The predicted octanol–water partition coefficient (Wildman–Crippen LogP) is 5.36. The lowest BCUT2D eigenvalue weighted by Crippen LogP contribution is -2.39. The molecule has 1 aliphatic heterocycles. The average Bonchev–Trinajstić information content (AvgIpc) is 3.60. The molecule has 2 N–H and O–H groups in total. The summed E-state index contributed by atoms with van der Waals surface area (Å²) in [7, 11) is 0. The quantitative estimate of drug-likeness (QED) is 0.284. The Labute approximate surface area is 245 Å². The van der Waals surface area contributed by atoms with Crippen molar-refractivity contribution in [3.05, 3.63) is 81.6 Å². The summed E-state index contributed by atoms with van der Waals surface area (Å²) < 4.78 is 35.7. The summed E-state index contributed by atoms with van der Waals surface area (Å²) in [6, 6.07) is 12.8. The zero-order valence-corrected chi connectivity index (χ0v) is 23.6. The first-order valence-corrected chi connectivity index (χ1v) is 14.5. The Morgan fingerprint density at radius 1 is 1.02 bits per heavy atom. The van der Waals surface area contributed by atoms with Crippen LogP contribution in [-0.4, -0.2) is 50.3 Å². The van der Waals surface area contributed by atoms with Gasteiger partial charge in [-0.25, -0.2) is 18.6 Å². The van der Waals surface area contributed by atoms with Crippen LogP contribution in [0.2, 0.25) is 5.02 Å². The van der Waals surface area contributed by atoms with Crippen LogP contribution in [-0.2, 0) is 11.3 Å². The van der Waals surface area contributed by atoms with Crippen LogP contribution in [0.1, 0.15) is 54.6 Å². The number of amides is 1. The fourth-order valence-corrected chi connectivity index (χ4v) is 6.07. The highest BCUT2D eigenvalue weighted by Crippen LogP contribution is 2.29. The zero-order chi connectivity index (χ0) is 29.2. The van der Waals surface area contributed by atoms with E-state index in [0.717, 1.165) is 48.9 Å². The molecule has 2 aliphatic rings. The maximum atomic E-state index is 13.7. The van der Waals surface area contributed by atoms with Crippen LogP contribution in [0.3, 0.4) is 0 Å². The van der Waals surface area contributed by atoms with E-state index in [9.17, 15) is 18.4 Å². The van der Waals surface area contributed by atoms with E-state index in [1.54, 1.807) is 10.8 Å². The Bertz CT molecular complexity index is 1630. The van der Waals surface area contributed by atoms with Crippen molar-refractivity contribution in [3.8, 4) is 5.69 Å². The summed E-state index contributed by atoms with van der Waals surface area (Å²) in [5.41, 5.74) is 1.42. The predicted molar refractivity (Wildman–Crippen MR) is 156 cm³/mol. The number of fused-ring (bicyclic) bond motifs is 1. The molecule has 0 radical (unpaired) electrons. The topological polar surface area (TPSA) is 103 Å². The van der Waals surface area contributed by atoms with E-state index in [2.05, 4.69) is 20.6 Å². The van der Waals surface area contributed by atoms with Crippen molar-refractivity contribution < 1.29 is 18.3 Å². The summed E-state index contributed by atoms with van der Waals surface area (Å²) in [4.78, 5) is 34.7. The Hall–Kier alpha value is -3.83. The number of anilines is 1. The van der Waals surface area contributed by atoms with Gasteiger partial charge in [0.2, 0.25) is 0 Å². The maximum absolute atomic E-state index is 13.7. The Balaban J connectivity index is 1.14. The van der Waals surface area contributed by atoms with Gasteiger partial charge in [-0.15, -0.1) is 0 Å². The van der Waals surface area contributed by atoms with Gasteiger partial charge in [0.05, 0.1) is 46.2 Å². The Kier molecular flexibility index (Phi) is 8.21. The smallest absolute Gasteiger partial charge is 0.333 e. The van der Waals surface area contributed by atoms with Crippen LogP contribution in [0.15, 0.2) is 59.7 Å². The number of nitrogens with one attached hydrogen (secondary N) is 2. The summed E-state index contributed by atoms with van der Waals surface area (Å²) in [6.07, 6.45) is 3.77. The Morgan fingerprint density at radius 3 is 2.50 bits per heavy atom. The molecule has 12 heteroatoms. The molecule has 0 bridgehead atoms. The normalized spacial score (nSPS) is 20.7. The SMILES string of the molecule is O=C(N[C@H]1CC[C@H](Cn2c(=O)n(-c3ccc(N[C@H]4CCOC4)nc3)c3ccccc32)CC1)c1cc(Cl)cnc1C(F)F. The number of carbonyl (C=O) groups excluding carboxylic acids is 1. The number of pyridine rings is 2. The van der Waals surface area contributed by atoms with Crippen molar-refractivity contribution in [3.63, 3.8) is 0 Å². The first-order chi connectivity index (χ1) is 20.4. The largest absolute Gasteiger partial charge is 0.379 e. The number of rotatable bonds is 8. The molecule has 3 aromatic heterocycles. The van der Waals surface area contributed by atoms with E-state index in [-0.39, 0.29) is 34.3 Å². The lowest BCUT2D eigenvalue weighted by atomic mass is 9.85. The van der Waals surface area contributed by atoms with Gasteiger partial charge in [-0.2, -0.15) is 0 Å². The second kappa shape index (κ2) is 12.2. The lowest BCUT2D eigenvalue weighted by Gasteiger charge is -2.29. The number of para-hydroxylation sites is 2. The summed E-state index contributed by atoms with van der Waals surface area (Å²) >= 11 is 5.91. The third-order valence-corrected chi connectivity index (χ3v) is 8.29. The van der Waals surface area contributed by atoms with Crippen molar-refractivity contribution >= 4 is 34.4 Å². The first-order valence-electron chi connectivity index (χ1n) is 14.1. The summed E-state index contributed by atoms with van der Waals surface area (Å²) in [5.74, 6) is 0.360. The molecule has 4 heterocycles. The second-order valence-electron chi connectivity index (χ2n) is 10.9. The lowest BCUT2D eigenvalue weighted by molar-refractivity contribution is 0.0904. The first kappa shape index (κ1) is 28.3. The molecule has 0 unspecified atom stereocenters. The van der Waals surface area contributed by atoms with Gasteiger partial charge >= 0.3 is 5.69 Å². The second-order valence-corrected chi connectivity index (χ2v) is 11.3. The highest BCUT2D eigenvalue weighted by Gasteiger charge is 2.27. The van der Waals surface area contributed by atoms with Gasteiger partial charge in [-0.3, -0.25) is 18.9 Å². The fourth-order valence-electron chi connectivity index (χ4n) is 5.91. The number of hydrogen-bond acceptors (Lipinski definition) is 6. The standard InChI is InChI=1S/C30H31ClF2N6O3/c31-19-13-23(27(28(32)33)35-14-19)29(40)37-20-7-5-18(6-8-20)16-38-24-3-1-2-4-25(24)39(30(38)41)22-9-10-26(34-15-22)36-21-11-12-42-17-21/h1-4,9-10,13-15,18,20-21,28H,5-8,11-12,16-17H2,(H,34,36)(H,37,40)/t18-,20-,21-/m0/s1. The number of benzene rings is 1. The van der Waals surface area contributed by atoms with E-state index in [4.69, 9.17) is 16.3 Å². The van der Waals surface area contributed by atoms with Crippen LogP contribution in [0.5, 0.6) is 0 Å². The average molecular weight is 597 g/mol. The minimum absolute atomic E-state index is 0.125. The molecule has 6 rings (SSSR count). The van der Waals surface area contributed by atoms with Crippen LogP contribution >= 0.6 is 11.6 Å². The Morgan fingerprint density at radius 2 is 1.81 bits per heavy atom. The molecule has 4 aromatic rings. The third kappa shape index (κ3) is 5.89. The van der Waals surface area contributed by atoms with Gasteiger partial charge in [0.1, 0.15) is 11.5 Å². The molecule has 0 spiro atoms. The van der Waals surface area contributed by atoms with Gasteiger partial charge in [0, 0.05) is 25.4 Å². The molecule has 1 saturated carbocycles. The van der Waals surface area contributed by atoms with Crippen molar-refractivity contribution in [1.82, 2.24) is 24.4 Å². The number of nitrogens with zero attached hydrogens (tertiary/aromatic N) is 4. The van der Waals surface area contributed by atoms with Gasteiger partial charge in [0.15, 0.2) is 0 Å². The van der Waals surface area contributed by atoms with Crippen LogP contribution in [0, 0.1) is 5.92 Å². The number of ether oxygens (including phenoxy) is 1. The molecule has 9 nitrogen and oxygen atoms in total. The van der Waals surface area contributed by atoms with Gasteiger partial charge < -0.3 is 15.4 Å². The van der Waals surface area contributed by atoms with Crippen molar-refractivity contribution in [2.24, 2.45) is 5.92 Å². The highest BCUT2D eigenvalue weighted by molar-refractivity contribution is 6.30. The maximum Gasteiger partial charge on any atom is 0.333 e. The number of aromatic nitrogens is 4. The van der Waals surface area contributed by atoms with Crippen molar-refractivity contribution in [2.75, 3.05) is 18.5 Å². The molecule has 42 heavy (non-hydrogen) atoms. The number of halogens is 3.